The number of carbonyl (C=O) groups excluding carboxylic acids is 2. The van der Waals surface area contributed by atoms with Crippen molar-refractivity contribution in [3.05, 3.63) is 59.7 Å². The zero-order valence-electron chi connectivity index (χ0n) is 18.7. The number of hydrogen-bond donors (Lipinski definition) is 2. The van der Waals surface area contributed by atoms with Crippen molar-refractivity contribution in [3.8, 4) is 11.1 Å². The van der Waals surface area contributed by atoms with Crippen LogP contribution in [0, 0.1) is 17.8 Å². The van der Waals surface area contributed by atoms with E-state index < -0.39 is 35.6 Å². The van der Waals surface area contributed by atoms with E-state index >= 15 is 0 Å². The zero-order chi connectivity index (χ0) is 25.1. The van der Waals surface area contributed by atoms with Gasteiger partial charge in [-0.15, -0.1) is 0 Å². The number of ether oxygens (including phenoxy) is 1. The molecule has 1 saturated carbocycles. The number of alkyl carbamates (subject to hydrolysis) is 1. The lowest BCUT2D eigenvalue weighted by Crippen LogP contribution is -2.66. The van der Waals surface area contributed by atoms with E-state index in [1.165, 1.54) is 0 Å². The number of amides is 2. The van der Waals surface area contributed by atoms with Crippen LogP contribution in [-0.4, -0.2) is 59.4 Å². The Morgan fingerprint density at radius 2 is 1.51 bits per heavy atom. The van der Waals surface area contributed by atoms with E-state index in [4.69, 9.17) is 9.84 Å². The van der Waals surface area contributed by atoms with Gasteiger partial charge in [-0.25, -0.2) is 4.79 Å². The molecule has 5 rings (SSSR count). The Labute approximate surface area is 198 Å². The Morgan fingerprint density at radius 3 is 2.00 bits per heavy atom. The third kappa shape index (κ3) is 3.71. The summed E-state index contributed by atoms with van der Waals surface area (Å²) in [7, 11) is 0. The lowest BCUT2D eigenvalue weighted by Gasteiger charge is -2.35. The van der Waals surface area contributed by atoms with Crippen LogP contribution in [0.1, 0.15) is 24.0 Å². The van der Waals surface area contributed by atoms with Gasteiger partial charge in [-0.1, -0.05) is 48.5 Å². The van der Waals surface area contributed by atoms with Crippen molar-refractivity contribution in [1.82, 2.24) is 10.2 Å². The van der Waals surface area contributed by atoms with Gasteiger partial charge >= 0.3 is 18.2 Å². The molecule has 1 heterocycles. The van der Waals surface area contributed by atoms with E-state index in [0.717, 1.165) is 27.2 Å². The highest BCUT2D eigenvalue weighted by Gasteiger charge is 2.65. The Balaban J connectivity index is 1.28. The highest BCUT2D eigenvalue weighted by molar-refractivity contribution is 5.91. The van der Waals surface area contributed by atoms with Crippen LogP contribution in [0.15, 0.2) is 48.5 Å². The monoisotopic (exact) mass is 488 g/mol. The summed E-state index contributed by atoms with van der Waals surface area (Å²) < 4.78 is 47.2. The van der Waals surface area contributed by atoms with Crippen LogP contribution in [0.5, 0.6) is 0 Å². The Kier molecular flexibility index (Phi) is 5.30. The average molecular weight is 488 g/mol. The predicted octanol–water partition coefficient (Wildman–Crippen LogP) is 3.64. The second-order valence-corrected chi connectivity index (χ2v) is 9.48. The minimum atomic E-state index is -5.09. The van der Waals surface area contributed by atoms with Crippen LogP contribution in [0.25, 0.3) is 11.1 Å². The molecule has 2 fully saturated rings. The zero-order valence-corrected chi connectivity index (χ0v) is 18.7. The largest absolute Gasteiger partial charge is 0.481 e. The number of nitrogens with zero attached hydrogens (tertiary/aromatic N) is 1. The number of carbonyl (C=O) groups is 3. The predicted molar refractivity (Wildman–Crippen MR) is 117 cm³/mol. The van der Waals surface area contributed by atoms with Gasteiger partial charge in [0.05, 0.1) is 5.92 Å². The van der Waals surface area contributed by atoms with Gasteiger partial charge in [0.25, 0.3) is 5.91 Å². The minimum Gasteiger partial charge on any atom is -0.481 e. The molecule has 2 amide bonds. The van der Waals surface area contributed by atoms with E-state index in [-0.39, 0.29) is 37.5 Å². The summed E-state index contributed by atoms with van der Waals surface area (Å²) in [5.41, 5.74) is 0.547. The first-order valence-corrected chi connectivity index (χ1v) is 11.2. The molecule has 184 valence electrons. The lowest BCUT2D eigenvalue weighted by molar-refractivity contribution is -0.200. The Morgan fingerprint density at radius 1 is 1.00 bits per heavy atom. The number of carboxylic acid groups (broad SMARTS) is 1. The second-order valence-electron chi connectivity index (χ2n) is 9.48. The van der Waals surface area contributed by atoms with E-state index in [1.54, 1.807) is 5.32 Å². The van der Waals surface area contributed by atoms with Crippen LogP contribution in [0.4, 0.5) is 18.0 Å². The molecule has 2 N–H and O–H groups in total. The number of piperidine rings is 1. The number of carboxylic acids is 1. The quantitative estimate of drug-likeness (QED) is 0.670. The highest BCUT2D eigenvalue weighted by atomic mass is 19.4. The molecule has 3 aliphatic rings. The van der Waals surface area contributed by atoms with Gasteiger partial charge < -0.3 is 14.7 Å². The minimum absolute atomic E-state index is 0.0848. The van der Waals surface area contributed by atoms with Crippen molar-refractivity contribution < 1.29 is 37.4 Å². The van der Waals surface area contributed by atoms with Crippen LogP contribution < -0.4 is 5.32 Å². The third-order valence-electron chi connectivity index (χ3n) is 7.46. The maximum absolute atomic E-state index is 14.0. The van der Waals surface area contributed by atoms with Gasteiger partial charge in [-0.3, -0.25) is 14.9 Å². The summed E-state index contributed by atoms with van der Waals surface area (Å²) in [5, 5.41) is 10.9. The van der Waals surface area contributed by atoms with Crippen molar-refractivity contribution >= 4 is 18.0 Å². The number of halogens is 3. The van der Waals surface area contributed by atoms with E-state index in [0.29, 0.717) is 6.92 Å². The molecular weight excluding hydrogens is 465 g/mol. The molecule has 1 aliphatic heterocycles. The number of benzene rings is 2. The first-order valence-electron chi connectivity index (χ1n) is 11.2. The summed E-state index contributed by atoms with van der Waals surface area (Å²) in [4.78, 5) is 37.5. The normalized spacial score (nSPS) is 24.1. The van der Waals surface area contributed by atoms with Crippen molar-refractivity contribution in [2.75, 3.05) is 19.7 Å². The fourth-order valence-corrected chi connectivity index (χ4v) is 5.46. The first-order chi connectivity index (χ1) is 16.5. The van der Waals surface area contributed by atoms with Crippen molar-refractivity contribution in [2.24, 2.45) is 17.8 Å². The molecule has 0 bridgehead atoms. The molecule has 7 nitrogen and oxygen atoms in total. The number of fused-ring (bicyclic) bond motifs is 4. The van der Waals surface area contributed by atoms with Crippen LogP contribution in [-0.2, 0) is 14.3 Å². The summed E-state index contributed by atoms with van der Waals surface area (Å²) in [6.07, 6.45) is -6.44. The fourth-order valence-electron chi connectivity index (χ4n) is 5.46. The van der Waals surface area contributed by atoms with Crippen molar-refractivity contribution in [3.63, 3.8) is 0 Å². The molecule has 0 aromatic heterocycles. The summed E-state index contributed by atoms with van der Waals surface area (Å²) in [6, 6.07) is 15.1. The number of rotatable bonds is 5. The number of likely N-dealkylation sites (tertiary alicyclic amines) is 1. The summed E-state index contributed by atoms with van der Waals surface area (Å²) in [5.74, 6) is -4.03. The maximum Gasteiger partial charge on any atom is 0.420 e. The number of aliphatic carboxylic acids is 1. The Hall–Kier alpha value is -3.56. The van der Waals surface area contributed by atoms with Gasteiger partial charge in [-0.05, 0) is 41.0 Å². The highest BCUT2D eigenvalue weighted by Crippen LogP contribution is 2.52. The summed E-state index contributed by atoms with van der Waals surface area (Å²) >= 11 is 0. The Bertz CT molecular complexity index is 1160. The molecule has 2 aromatic carbocycles. The molecule has 2 aliphatic carbocycles. The van der Waals surface area contributed by atoms with Crippen LogP contribution >= 0.6 is 0 Å². The van der Waals surface area contributed by atoms with Gasteiger partial charge in [0.1, 0.15) is 6.61 Å². The van der Waals surface area contributed by atoms with Gasteiger partial charge in [0.2, 0.25) is 5.54 Å². The van der Waals surface area contributed by atoms with Crippen molar-refractivity contribution in [2.45, 2.75) is 24.6 Å². The smallest absolute Gasteiger partial charge is 0.420 e. The topological polar surface area (TPSA) is 95.9 Å². The molecule has 10 heteroatoms. The molecule has 1 saturated heterocycles. The molecule has 0 spiro atoms. The standard InChI is InChI=1S/C25H23F3N2O5/c1-24(25(26,27)28,22(33)30-10-17-18(11-30)20(17)21(31)32)29-23(34)35-12-19-15-8-4-2-6-13(15)14-7-3-5-9-16(14)19/h2-9,17-20H,10-12H2,1H3,(H,29,34)(H,31,32). The van der Waals surface area contributed by atoms with Crippen molar-refractivity contribution in [1.29, 1.82) is 0 Å². The fraction of sp³-hybridized carbons (Fsp3) is 0.400. The maximum atomic E-state index is 14.0. The first kappa shape index (κ1) is 23.2. The number of hydrogen-bond acceptors (Lipinski definition) is 4. The van der Waals surface area contributed by atoms with Gasteiger partial charge in [-0.2, -0.15) is 13.2 Å². The van der Waals surface area contributed by atoms with Gasteiger partial charge in [0, 0.05) is 19.0 Å². The second kappa shape index (κ2) is 8.00. The van der Waals surface area contributed by atoms with E-state index in [9.17, 15) is 27.6 Å². The molecular formula is C25H23F3N2O5. The molecule has 0 radical (unpaired) electrons. The summed E-state index contributed by atoms with van der Waals surface area (Å²) in [6.45, 7) is 0.239. The molecule has 35 heavy (non-hydrogen) atoms. The van der Waals surface area contributed by atoms with Gasteiger partial charge in [0.15, 0.2) is 0 Å². The average Bonchev–Trinajstić information content (AvgIpc) is 3.17. The van der Waals surface area contributed by atoms with E-state index in [1.807, 2.05) is 48.5 Å². The lowest BCUT2D eigenvalue weighted by atomic mass is 9.98. The van der Waals surface area contributed by atoms with E-state index in [2.05, 4.69) is 0 Å². The molecule has 3 unspecified atom stereocenters. The third-order valence-corrected chi connectivity index (χ3v) is 7.46. The number of nitrogens with one attached hydrogen (secondary N) is 1. The van der Waals surface area contributed by atoms with Crippen LogP contribution in [0.3, 0.4) is 0 Å². The molecule has 3 atom stereocenters. The number of alkyl halides is 3. The molecule has 2 aromatic rings. The van der Waals surface area contributed by atoms with Crippen LogP contribution in [0.2, 0.25) is 0 Å². The SMILES string of the molecule is CC(NC(=O)OCC1c2ccccc2-c2ccccc21)(C(=O)N1CC2C(C1)C2C(=O)O)C(F)(F)F.